The van der Waals surface area contributed by atoms with Gasteiger partial charge in [-0.15, -0.1) is 0 Å². The van der Waals surface area contributed by atoms with Crippen LogP contribution in [0.15, 0.2) is 42.6 Å². The number of benzene rings is 1. The summed E-state index contributed by atoms with van der Waals surface area (Å²) in [6.45, 7) is 3.77. The van der Waals surface area contributed by atoms with Gasteiger partial charge in [0.15, 0.2) is 0 Å². The number of rotatable bonds is 4. The lowest BCUT2D eigenvalue weighted by atomic mass is 9.99. The minimum absolute atomic E-state index is 0.0345. The van der Waals surface area contributed by atoms with Gasteiger partial charge in [0.1, 0.15) is 5.75 Å². The molecule has 2 heterocycles. The van der Waals surface area contributed by atoms with Gasteiger partial charge in [-0.2, -0.15) is 0 Å². The number of carbonyl (C=O) groups excluding carboxylic acids is 1. The fourth-order valence-corrected chi connectivity index (χ4v) is 2.56. The van der Waals surface area contributed by atoms with Gasteiger partial charge < -0.3 is 15.4 Å². The van der Waals surface area contributed by atoms with E-state index in [0.717, 1.165) is 31.7 Å². The molecule has 1 aliphatic heterocycles. The number of hydrogen-bond donors (Lipinski definition) is 2. The van der Waals surface area contributed by atoms with Gasteiger partial charge >= 0.3 is 0 Å². The molecule has 1 saturated heterocycles. The quantitative estimate of drug-likeness (QED) is 0.910. The zero-order valence-corrected chi connectivity index (χ0v) is 13.2. The Balaban J connectivity index is 1.58. The van der Waals surface area contributed by atoms with Crippen LogP contribution in [0, 0.1) is 12.8 Å². The van der Waals surface area contributed by atoms with Crippen LogP contribution in [0.25, 0.3) is 0 Å². The predicted octanol–water partition coefficient (Wildman–Crippen LogP) is 3.12. The van der Waals surface area contributed by atoms with Gasteiger partial charge in [-0.25, -0.2) is 4.98 Å². The monoisotopic (exact) mass is 311 g/mol. The Labute approximate surface area is 136 Å². The topological polar surface area (TPSA) is 63.2 Å². The van der Waals surface area contributed by atoms with Crippen molar-refractivity contribution in [2.24, 2.45) is 5.92 Å². The Morgan fingerprint density at radius 3 is 2.74 bits per heavy atom. The summed E-state index contributed by atoms with van der Waals surface area (Å²) in [5.41, 5.74) is 1.87. The number of nitrogens with zero attached hydrogens (tertiary/aromatic N) is 1. The molecule has 1 aromatic heterocycles. The van der Waals surface area contributed by atoms with Crippen molar-refractivity contribution in [3.05, 3.63) is 48.2 Å². The van der Waals surface area contributed by atoms with E-state index < -0.39 is 0 Å². The molecule has 1 atom stereocenters. The van der Waals surface area contributed by atoms with Crippen LogP contribution < -0.4 is 15.4 Å². The smallest absolute Gasteiger partial charge is 0.228 e. The molecule has 0 bridgehead atoms. The second kappa shape index (κ2) is 7.24. The first kappa shape index (κ1) is 15.5. The summed E-state index contributed by atoms with van der Waals surface area (Å²) in [5, 5.41) is 6.16. The van der Waals surface area contributed by atoms with Crippen molar-refractivity contribution in [1.29, 1.82) is 0 Å². The highest BCUT2D eigenvalue weighted by Gasteiger charge is 2.20. The highest BCUT2D eigenvalue weighted by molar-refractivity contribution is 5.92. The van der Waals surface area contributed by atoms with Crippen LogP contribution in [0.5, 0.6) is 11.6 Å². The summed E-state index contributed by atoms with van der Waals surface area (Å²) in [6, 6.07) is 11.4. The van der Waals surface area contributed by atoms with Crippen LogP contribution in [0.2, 0.25) is 0 Å². The molecule has 0 radical (unpaired) electrons. The van der Waals surface area contributed by atoms with Crippen LogP contribution in [0.4, 0.5) is 5.69 Å². The average Bonchev–Trinajstić information content (AvgIpc) is 2.59. The SMILES string of the molecule is Cc1ccc(Oc2ccc(NC(=O)C3CCCNC3)cn2)cc1. The molecule has 2 N–H and O–H groups in total. The summed E-state index contributed by atoms with van der Waals surface area (Å²) in [7, 11) is 0. The van der Waals surface area contributed by atoms with E-state index in [1.165, 1.54) is 5.56 Å². The standard InChI is InChI=1S/C18H21N3O2/c1-13-4-7-16(8-5-13)23-17-9-6-15(12-20-17)21-18(22)14-3-2-10-19-11-14/h4-9,12,14,19H,2-3,10-11H2,1H3,(H,21,22). The number of pyridine rings is 1. The van der Waals surface area contributed by atoms with E-state index in [4.69, 9.17) is 4.74 Å². The summed E-state index contributed by atoms with van der Waals surface area (Å²) in [4.78, 5) is 16.4. The Morgan fingerprint density at radius 2 is 2.09 bits per heavy atom. The zero-order chi connectivity index (χ0) is 16.1. The molecule has 5 heteroatoms. The van der Waals surface area contributed by atoms with Gasteiger partial charge in [-0.1, -0.05) is 17.7 Å². The molecule has 0 saturated carbocycles. The average molecular weight is 311 g/mol. The molecule has 0 spiro atoms. The van der Waals surface area contributed by atoms with Gasteiger partial charge in [0.2, 0.25) is 11.8 Å². The molecule has 120 valence electrons. The minimum atomic E-state index is 0.0345. The van der Waals surface area contributed by atoms with E-state index in [1.54, 1.807) is 12.3 Å². The fraction of sp³-hybridized carbons (Fsp3) is 0.333. The van der Waals surface area contributed by atoms with Gasteiger partial charge in [0.25, 0.3) is 0 Å². The lowest BCUT2D eigenvalue weighted by molar-refractivity contribution is -0.120. The number of anilines is 1. The van der Waals surface area contributed by atoms with E-state index in [-0.39, 0.29) is 11.8 Å². The molecule has 1 fully saturated rings. The van der Waals surface area contributed by atoms with E-state index in [2.05, 4.69) is 15.6 Å². The van der Waals surface area contributed by atoms with Gasteiger partial charge in [0, 0.05) is 12.6 Å². The number of aromatic nitrogens is 1. The van der Waals surface area contributed by atoms with Gasteiger partial charge in [0.05, 0.1) is 17.8 Å². The number of amides is 1. The molecule has 1 aliphatic rings. The predicted molar refractivity (Wildman–Crippen MR) is 89.7 cm³/mol. The molecular weight excluding hydrogens is 290 g/mol. The van der Waals surface area contributed by atoms with Crippen LogP contribution in [-0.4, -0.2) is 24.0 Å². The van der Waals surface area contributed by atoms with Gasteiger partial charge in [-0.3, -0.25) is 4.79 Å². The Morgan fingerprint density at radius 1 is 1.26 bits per heavy atom. The van der Waals surface area contributed by atoms with E-state index in [1.807, 2.05) is 37.3 Å². The lowest BCUT2D eigenvalue weighted by Crippen LogP contribution is -2.37. The maximum atomic E-state index is 12.2. The first-order valence-corrected chi connectivity index (χ1v) is 7.93. The number of nitrogens with one attached hydrogen (secondary N) is 2. The third-order valence-electron chi connectivity index (χ3n) is 3.91. The Hall–Kier alpha value is -2.40. The van der Waals surface area contributed by atoms with E-state index in [9.17, 15) is 4.79 Å². The van der Waals surface area contributed by atoms with E-state index >= 15 is 0 Å². The number of hydrogen-bond acceptors (Lipinski definition) is 4. The van der Waals surface area contributed by atoms with Crippen molar-refractivity contribution in [1.82, 2.24) is 10.3 Å². The van der Waals surface area contributed by atoms with Crippen LogP contribution in [0.1, 0.15) is 18.4 Å². The number of piperidine rings is 1. The molecule has 0 aliphatic carbocycles. The Kier molecular flexibility index (Phi) is 4.88. The summed E-state index contributed by atoms with van der Waals surface area (Å²) in [6.07, 6.45) is 3.60. The van der Waals surface area contributed by atoms with Crippen molar-refractivity contribution in [3.8, 4) is 11.6 Å². The molecule has 1 amide bonds. The minimum Gasteiger partial charge on any atom is -0.439 e. The molecule has 2 aromatic rings. The van der Waals surface area contributed by atoms with Gasteiger partial charge in [-0.05, 0) is 44.5 Å². The van der Waals surface area contributed by atoms with Crippen LogP contribution >= 0.6 is 0 Å². The largest absolute Gasteiger partial charge is 0.439 e. The molecule has 23 heavy (non-hydrogen) atoms. The van der Waals surface area contributed by atoms with E-state index in [0.29, 0.717) is 11.6 Å². The fourth-order valence-electron chi connectivity index (χ4n) is 2.56. The van der Waals surface area contributed by atoms with Crippen LogP contribution in [-0.2, 0) is 4.79 Å². The molecular formula is C18H21N3O2. The second-order valence-corrected chi connectivity index (χ2v) is 5.83. The Bertz CT molecular complexity index is 647. The number of ether oxygens (including phenoxy) is 1. The third kappa shape index (κ3) is 4.29. The van der Waals surface area contributed by atoms with Crippen molar-refractivity contribution >= 4 is 11.6 Å². The van der Waals surface area contributed by atoms with Crippen LogP contribution in [0.3, 0.4) is 0 Å². The maximum Gasteiger partial charge on any atom is 0.228 e. The second-order valence-electron chi connectivity index (χ2n) is 5.83. The highest BCUT2D eigenvalue weighted by Crippen LogP contribution is 2.21. The summed E-state index contributed by atoms with van der Waals surface area (Å²) >= 11 is 0. The first-order chi connectivity index (χ1) is 11.2. The van der Waals surface area contributed by atoms with Crippen molar-refractivity contribution < 1.29 is 9.53 Å². The number of carbonyl (C=O) groups is 1. The van der Waals surface area contributed by atoms with Crippen molar-refractivity contribution in [3.63, 3.8) is 0 Å². The molecule has 3 rings (SSSR count). The first-order valence-electron chi connectivity index (χ1n) is 7.93. The van der Waals surface area contributed by atoms with Crippen molar-refractivity contribution in [2.45, 2.75) is 19.8 Å². The highest BCUT2D eigenvalue weighted by atomic mass is 16.5. The molecule has 1 unspecified atom stereocenters. The summed E-state index contributed by atoms with van der Waals surface area (Å²) in [5.74, 6) is 1.33. The van der Waals surface area contributed by atoms with Crippen molar-refractivity contribution in [2.75, 3.05) is 18.4 Å². The molecule has 1 aromatic carbocycles. The lowest BCUT2D eigenvalue weighted by Gasteiger charge is -2.21. The molecule has 5 nitrogen and oxygen atoms in total. The maximum absolute atomic E-state index is 12.2. The summed E-state index contributed by atoms with van der Waals surface area (Å²) < 4.78 is 5.68. The third-order valence-corrected chi connectivity index (χ3v) is 3.91. The zero-order valence-electron chi connectivity index (χ0n) is 13.2. The normalized spacial score (nSPS) is 17.5. The number of aryl methyl sites for hydroxylation is 1.